The molecule has 1 N–H and O–H groups in total. The third kappa shape index (κ3) is 5.11. The van der Waals surface area contributed by atoms with Crippen LogP contribution in [0.25, 0.3) is 0 Å². The molecule has 132 valence electrons. The summed E-state index contributed by atoms with van der Waals surface area (Å²) in [5.41, 5.74) is 2.15. The Kier molecular flexibility index (Phi) is 5.54. The van der Waals surface area contributed by atoms with Crippen molar-refractivity contribution in [3.05, 3.63) is 83.9 Å². The first-order valence-electron chi connectivity index (χ1n) is 8.42. The van der Waals surface area contributed by atoms with Gasteiger partial charge < -0.3 is 14.6 Å². The number of carboxylic acids is 1. The average Bonchev–Trinajstić information content (AvgIpc) is 2.63. The van der Waals surface area contributed by atoms with Crippen LogP contribution in [0.2, 0.25) is 0 Å². The van der Waals surface area contributed by atoms with Gasteiger partial charge in [-0.1, -0.05) is 35.9 Å². The Bertz CT molecular complexity index is 867. The zero-order valence-corrected chi connectivity index (χ0v) is 14.5. The Morgan fingerprint density at radius 3 is 1.88 bits per heavy atom. The molecule has 0 atom stereocenters. The number of aryl methyl sites for hydroxylation is 2. The van der Waals surface area contributed by atoms with E-state index < -0.39 is 5.97 Å². The minimum Gasteiger partial charge on any atom is -0.481 e. The van der Waals surface area contributed by atoms with Gasteiger partial charge in [0.2, 0.25) is 0 Å². The van der Waals surface area contributed by atoms with Crippen molar-refractivity contribution in [1.82, 2.24) is 0 Å². The highest BCUT2D eigenvalue weighted by atomic mass is 16.5. The Labute approximate surface area is 152 Å². The smallest absolute Gasteiger partial charge is 0.303 e. The molecule has 26 heavy (non-hydrogen) atoms. The van der Waals surface area contributed by atoms with E-state index in [2.05, 4.69) is 0 Å². The largest absolute Gasteiger partial charge is 0.481 e. The molecule has 0 unspecified atom stereocenters. The van der Waals surface area contributed by atoms with Crippen LogP contribution in [0.4, 0.5) is 0 Å². The normalized spacial score (nSPS) is 10.3. The van der Waals surface area contributed by atoms with E-state index in [1.165, 1.54) is 5.56 Å². The maximum absolute atomic E-state index is 10.6. The number of hydrogen-bond acceptors (Lipinski definition) is 3. The lowest BCUT2D eigenvalue weighted by atomic mass is 10.1. The molecule has 0 aliphatic heterocycles. The summed E-state index contributed by atoms with van der Waals surface area (Å²) >= 11 is 0. The molecule has 0 bridgehead atoms. The van der Waals surface area contributed by atoms with E-state index in [1.807, 2.05) is 79.7 Å². The number of ether oxygens (including phenoxy) is 2. The van der Waals surface area contributed by atoms with Gasteiger partial charge in [0.15, 0.2) is 0 Å². The molecule has 4 nitrogen and oxygen atoms in total. The van der Waals surface area contributed by atoms with Crippen LogP contribution in [0.3, 0.4) is 0 Å². The minimum absolute atomic E-state index is 0.124. The monoisotopic (exact) mass is 348 g/mol. The van der Waals surface area contributed by atoms with Crippen molar-refractivity contribution < 1.29 is 19.4 Å². The topological polar surface area (TPSA) is 55.8 Å². The standard InChI is InChI=1S/C22H20O4/c1-16-5-10-18(11-6-16)25-20-3-2-4-21(15-20)26-19-12-7-17(8-13-19)9-14-22(23)24/h2-8,10-13,15H,9,14H2,1H3,(H,23,24). The maximum atomic E-state index is 10.6. The second kappa shape index (κ2) is 8.21. The summed E-state index contributed by atoms with van der Waals surface area (Å²) in [7, 11) is 0. The van der Waals surface area contributed by atoms with E-state index >= 15 is 0 Å². The molecule has 0 amide bonds. The van der Waals surface area contributed by atoms with Crippen molar-refractivity contribution in [3.8, 4) is 23.0 Å². The van der Waals surface area contributed by atoms with Gasteiger partial charge in [0, 0.05) is 12.5 Å². The van der Waals surface area contributed by atoms with Gasteiger partial charge in [-0.05, 0) is 55.3 Å². The molecule has 0 aliphatic carbocycles. The molecule has 0 aliphatic rings. The molecule has 3 aromatic rings. The summed E-state index contributed by atoms with van der Waals surface area (Å²) in [6.07, 6.45) is 0.633. The van der Waals surface area contributed by atoms with Gasteiger partial charge in [-0.25, -0.2) is 0 Å². The molecule has 3 aromatic carbocycles. The molecule has 0 spiro atoms. The van der Waals surface area contributed by atoms with Gasteiger partial charge in [-0.3, -0.25) is 4.79 Å². The summed E-state index contributed by atoms with van der Waals surface area (Å²) in [5.74, 6) is 2.04. The zero-order valence-electron chi connectivity index (χ0n) is 14.5. The Balaban J connectivity index is 1.64. The molecule has 0 aromatic heterocycles. The summed E-state index contributed by atoms with van der Waals surface area (Å²) in [5, 5.41) is 8.73. The van der Waals surface area contributed by atoms with Crippen molar-refractivity contribution in [2.24, 2.45) is 0 Å². The van der Waals surface area contributed by atoms with Crippen LogP contribution in [0.1, 0.15) is 17.5 Å². The second-order valence-electron chi connectivity index (χ2n) is 6.03. The molecule has 3 rings (SSSR count). The number of carboxylic acid groups (broad SMARTS) is 1. The molecule has 0 saturated heterocycles. The first-order valence-corrected chi connectivity index (χ1v) is 8.42. The summed E-state index contributed by atoms with van der Waals surface area (Å²) in [6.45, 7) is 2.03. The first kappa shape index (κ1) is 17.5. The molecule has 0 fully saturated rings. The van der Waals surface area contributed by atoms with Crippen LogP contribution < -0.4 is 9.47 Å². The Morgan fingerprint density at radius 2 is 1.35 bits per heavy atom. The van der Waals surface area contributed by atoms with Gasteiger partial charge in [-0.15, -0.1) is 0 Å². The molecule has 0 saturated carbocycles. The lowest BCUT2D eigenvalue weighted by Crippen LogP contribution is -1.97. The van der Waals surface area contributed by atoms with E-state index in [-0.39, 0.29) is 6.42 Å². The number of aliphatic carboxylic acids is 1. The molecule has 4 heteroatoms. The minimum atomic E-state index is -0.796. The van der Waals surface area contributed by atoms with Crippen molar-refractivity contribution >= 4 is 5.97 Å². The third-order valence-electron chi connectivity index (χ3n) is 3.85. The summed E-state index contributed by atoms with van der Waals surface area (Å²) < 4.78 is 11.7. The highest BCUT2D eigenvalue weighted by Gasteiger charge is 2.03. The van der Waals surface area contributed by atoms with E-state index in [1.54, 1.807) is 0 Å². The highest BCUT2D eigenvalue weighted by molar-refractivity contribution is 5.67. The van der Waals surface area contributed by atoms with Gasteiger partial charge in [0.05, 0.1) is 0 Å². The van der Waals surface area contributed by atoms with Crippen LogP contribution in [0.15, 0.2) is 72.8 Å². The van der Waals surface area contributed by atoms with Crippen LogP contribution >= 0.6 is 0 Å². The maximum Gasteiger partial charge on any atom is 0.303 e. The van der Waals surface area contributed by atoms with E-state index in [0.717, 1.165) is 11.3 Å². The fraction of sp³-hybridized carbons (Fsp3) is 0.136. The first-order chi connectivity index (χ1) is 12.6. The fourth-order valence-corrected chi connectivity index (χ4v) is 2.46. The van der Waals surface area contributed by atoms with Crippen LogP contribution in [0.5, 0.6) is 23.0 Å². The second-order valence-corrected chi connectivity index (χ2v) is 6.03. The van der Waals surface area contributed by atoms with Crippen molar-refractivity contribution in [1.29, 1.82) is 0 Å². The molecular weight excluding hydrogens is 328 g/mol. The third-order valence-corrected chi connectivity index (χ3v) is 3.85. The van der Waals surface area contributed by atoms with Crippen molar-refractivity contribution in [3.63, 3.8) is 0 Å². The highest BCUT2D eigenvalue weighted by Crippen LogP contribution is 2.28. The lowest BCUT2D eigenvalue weighted by molar-refractivity contribution is -0.136. The number of rotatable bonds is 7. The summed E-state index contributed by atoms with van der Waals surface area (Å²) in [4.78, 5) is 10.6. The predicted molar refractivity (Wildman–Crippen MR) is 100 cm³/mol. The van der Waals surface area contributed by atoms with Crippen LogP contribution in [0, 0.1) is 6.92 Å². The Hall–Kier alpha value is -3.27. The van der Waals surface area contributed by atoms with Gasteiger partial charge in [0.1, 0.15) is 23.0 Å². The van der Waals surface area contributed by atoms with Crippen molar-refractivity contribution in [2.45, 2.75) is 19.8 Å². The molecular formula is C22H20O4. The van der Waals surface area contributed by atoms with Crippen molar-refractivity contribution in [2.75, 3.05) is 0 Å². The van der Waals surface area contributed by atoms with Gasteiger partial charge in [-0.2, -0.15) is 0 Å². The van der Waals surface area contributed by atoms with Crippen LogP contribution in [-0.4, -0.2) is 11.1 Å². The quantitative estimate of drug-likeness (QED) is 0.604. The predicted octanol–water partition coefficient (Wildman–Crippen LogP) is 5.60. The zero-order chi connectivity index (χ0) is 18.4. The SMILES string of the molecule is Cc1ccc(Oc2cccc(Oc3ccc(CCC(=O)O)cc3)c2)cc1. The number of carbonyl (C=O) groups is 1. The lowest BCUT2D eigenvalue weighted by Gasteiger charge is -2.10. The molecule has 0 radical (unpaired) electrons. The van der Waals surface area contributed by atoms with Gasteiger partial charge >= 0.3 is 5.97 Å². The van der Waals surface area contributed by atoms with Gasteiger partial charge in [0.25, 0.3) is 0 Å². The number of benzene rings is 3. The number of hydrogen-bond donors (Lipinski definition) is 1. The van der Waals surface area contributed by atoms with E-state index in [9.17, 15) is 4.79 Å². The molecule has 0 heterocycles. The van der Waals surface area contributed by atoms with E-state index in [0.29, 0.717) is 23.7 Å². The fourth-order valence-electron chi connectivity index (χ4n) is 2.46. The summed E-state index contributed by atoms with van der Waals surface area (Å²) in [6, 6.07) is 22.7. The van der Waals surface area contributed by atoms with E-state index in [4.69, 9.17) is 14.6 Å². The van der Waals surface area contributed by atoms with Crippen LogP contribution in [-0.2, 0) is 11.2 Å². The Morgan fingerprint density at radius 1 is 0.808 bits per heavy atom. The average molecular weight is 348 g/mol.